The zero-order chi connectivity index (χ0) is 19.6. The maximum Gasteiger partial charge on any atom is 0.240 e. The lowest BCUT2D eigenvalue weighted by Crippen LogP contribution is -2.18. The molecular weight excluding hydrogens is 360 g/mol. The van der Waals surface area contributed by atoms with E-state index in [9.17, 15) is 13.7 Å². The Morgan fingerprint density at radius 3 is 2.48 bits per heavy atom. The molecule has 0 unspecified atom stereocenters. The van der Waals surface area contributed by atoms with E-state index in [0.717, 1.165) is 33.3 Å². The summed E-state index contributed by atoms with van der Waals surface area (Å²) in [5, 5.41) is 13.7. The number of anilines is 1. The van der Waals surface area contributed by atoms with E-state index in [2.05, 4.69) is 27.2 Å². The highest BCUT2D eigenvalue weighted by atomic mass is 32.2. The molecule has 1 heterocycles. The fourth-order valence-electron chi connectivity index (χ4n) is 3.03. The van der Waals surface area contributed by atoms with Gasteiger partial charge in [-0.25, -0.2) is 13.1 Å². The van der Waals surface area contributed by atoms with Crippen LogP contribution < -0.4 is 10.0 Å². The second-order valence-electron chi connectivity index (χ2n) is 6.34. The van der Waals surface area contributed by atoms with Crippen molar-refractivity contribution in [2.24, 2.45) is 0 Å². The van der Waals surface area contributed by atoms with Gasteiger partial charge in [-0.05, 0) is 50.2 Å². The van der Waals surface area contributed by atoms with Gasteiger partial charge in [-0.2, -0.15) is 5.26 Å². The van der Waals surface area contributed by atoms with Crippen LogP contribution >= 0.6 is 0 Å². The summed E-state index contributed by atoms with van der Waals surface area (Å²) in [6.45, 7) is 4.47. The second kappa shape index (κ2) is 7.35. The predicted molar refractivity (Wildman–Crippen MR) is 106 cm³/mol. The van der Waals surface area contributed by atoms with Crippen molar-refractivity contribution in [3.05, 3.63) is 64.8 Å². The lowest BCUT2D eigenvalue weighted by atomic mass is 10.0. The Bertz CT molecular complexity index is 1150. The van der Waals surface area contributed by atoms with Crippen molar-refractivity contribution in [3.8, 4) is 6.07 Å². The molecule has 0 saturated heterocycles. The van der Waals surface area contributed by atoms with Crippen molar-refractivity contribution in [2.45, 2.75) is 25.3 Å². The predicted octanol–water partition coefficient (Wildman–Crippen LogP) is 3.24. The number of hydrogen-bond donors (Lipinski definition) is 2. The van der Waals surface area contributed by atoms with Gasteiger partial charge in [-0.3, -0.25) is 4.98 Å². The highest BCUT2D eigenvalue weighted by Crippen LogP contribution is 2.29. The number of nitrogens with one attached hydrogen (secondary N) is 2. The standard InChI is InChI=1S/C20H20N4O2S/c1-13-8-14(2)19-18(9-13)20(16(10-21)12-24-19)23-11-15-4-6-17(7-5-15)27(25,26)22-3/h4-9,12,22H,11H2,1-3H3,(H,23,24). The van der Waals surface area contributed by atoms with Crippen molar-refractivity contribution in [3.63, 3.8) is 0 Å². The Morgan fingerprint density at radius 2 is 1.85 bits per heavy atom. The monoisotopic (exact) mass is 380 g/mol. The molecule has 3 aromatic rings. The van der Waals surface area contributed by atoms with E-state index in [1.165, 1.54) is 7.05 Å². The Balaban J connectivity index is 1.94. The first-order chi connectivity index (χ1) is 12.9. The molecule has 2 N–H and O–H groups in total. The largest absolute Gasteiger partial charge is 0.379 e. The zero-order valence-electron chi connectivity index (χ0n) is 15.4. The van der Waals surface area contributed by atoms with E-state index in [1.54, 1.807) is 30.5 Å². The van der Waals surface area contributed by atoms with E-state index >= 15 is 0 Å². The summed E-state index contributed by atoms with van der Waals surface area (Å²) in [5.74, 6) is 0. The van der Waals surface area contributed by atoms with Crippen LogP contribution in [0.25, 0.3) is 10.9 Å². The van der Waals surface area contributed by atoms with Crippen LogP contribution in [0.3, 0.4) is 0 Å². The van der Waals surface area contributed by atoms with Crippen LogP contribution in [0.4, 0.5) is 5.69 Å². The maximum absolute atomic E-state index is 11.8. The summed E-state index contributed by atoms with van der Waals surface area (Å²) in [6, 6.07) is 12.9. The van der Waals surface area contributed by atoms with E-state index in [0.29, 0.717) is 12.1 Å². The molecule has 1 aromatic heterocycles. The summed E-state index contributed by atoms with van der Waals surface area (Å²) in [7, 11) is -2.07. The van der Waals surface area contributed by atoms with Gasteiger partial charge in [0.2, 0.25) is 10.0 Å². The summed E-state index contributed by atoms with van der Waals surface area (Å²) in [4.78, 5) is 4.64. The number of benzene rings is 2. The Labute approximate surface area is 158 Å². The van der Waals surface area contributed by atoms with Crippen LogP contribution in [0.1, 0.15) is 22.3 Å². The van der Waals surface area contributed by atoms with Gasteiger partial charge >= 0.3 is 0 Å². The molecular formula is C20H20N4O2S. The highest BCUT2D eigenvalue weighted by molar-refractivity contribution is 7.89. The Kier molecular flexibility index (Phi) is 5.13. The minimum absolute atomic E-state index is 0.215. The number of hydrogen-bond acceptors (Lipinski definition) is 5. The number of pyridine rings is 1. The third kappa shape index (κ3) is 3.77. The van der Waals surface area contributed by atoms with Crippen LogP contribution in [0.15, 0.2) is 47.5 Å². The van der Waals surface area contributed by atoms with Crippen LogP contribution in [0.5, 0.6) is 0 Å². The quantitative estimate of drug-likeness (QED) is 0.708. The van der Waals surface area contributed by atoms with Gasteiger partial charge in [0.05, 0.1) is 21.7 Å². The lowest BCUT2D eigenvalue weighted by Gasteiger charge is -2.13. The number of fused-ring (bicyclic) bond motifs is 1. The highest BCUT2D eigenvalue weighted by Gasteiger charge is 2.12. The van der Waals surface area contributed by atoms with Gasteiger partial charge in [-0.1, -0.05) is 23.8 Å². The molecule has 0 atom stereocenters. The summed E-state index contributed by atoms with van der Waals surface area (Å²) in [6.07, 6.45) is 1.58. The molecule has 0 bridgehead atoms. The molecule has 0 radical (unpaired) electrons. The van der Waals surface area contributed by atoms with Crippen molar-refractivity contribution < 1.29 is 8.42 Å². The molecule has 0 aliphatic carbocycles. The van der Waals surface area contributed by atoms with Gasteiger partial charge in [0.1, 0.15) is 6.07 Å². The number of nitrogens with zero attached hydrogens (tertiary/aromatic N) is 2. The van der Waals surface area contributed by atoms with Crippen LogP contribution in [-0.2, 0) is 16.6 Å². The minimum atomic E-state index is -3.45. The summed E-state index contributed by atoms with van der Waals surface area (Å²) < 4.78 is 25.9. The normalized spacial score (nSPS) is 11.3. The minimum Gasteiger partial charge on any atom is -0.379 e. The first-order valence-electron chi connectivity index (χ1n) is 8.42. The summed E-state index contributed by atoms with van der Waals surface area (Å²) >= 11 is 0. The third-order valence-corrected chi connectivity index (χ3v) is 5.83. The van der Waals surface area contributed by atoms with Crippen LogP contribution in [-0.4, -0.2) is 20.4 Å². The number of aryl methyl sites for hydroxylation is 2. The Morgan fingerprint density at radius 1 is 1.15 bits per heavy atom. The molecule has 6 nitrogen and oxygen atoms in total. The smallest absolute Gasteiger partial charge is 0.240 e. The molecule has 0 saturated carbocycles. The van der Waals surface area contributed by atoms with Crippen molar-refractivity contribution in [1.29, 1.82) is 5.26 Å². The van der Waals surface area contributed by atoms with Gasteiger partial charge in [-0.15, -0.1) is 0 Å². The van der Waals surface area contributed by atoms with Crippen molar-refractivity contribution in [1.82, 2.24) is 9.71 Å². The van der Waals surface area contributed by atoms with Crippen LogP contribution in [0.2, 0.25) is 0 Å². The first-order valence-corrected chi connectivity index (χ1v) is 9.90. The molecule has 0 amide bonds. The zero-order valence-corrected chi connectivity index (χ0v) is 16.2. The fraction of sp³-hybridized carbons (Fsp3) is 0.200. The molecule has 0 aliphatic rings. The van der Waals surface area contributed by atoms with Gasteiger partial charge in [0.25, 0.3) is 0 Å². The second-order valence-corrected chi connectivity index (χ2v) is 8.23. The SMILES string of the molecule is CNS(=O)(=O)c1ccc(CNc2c(C#N)cnc3c(C)cc(C)cc23)cc1. The van der Waals surface area contributed by atoms with Crippen molar-refractivity contribution in [2.75, 3.05) is 12.4 Å². The molecule has 2 aromatic carbocycles. The van der Waals surface area contributed by atoms with E-state index in [-0.39, 0.29) is 4.90 Å². The van der Waals surface area contributed by atoms with Gasteiger partial charge in [0.15, 0.2) is 0 Å². The third-order valence-electron chi connectivity index (χ3n) is 4.40. The van der Waals surface area contributed by atoms with Gasteiger partial charge < -0.3 is 5.32 Å². The van der Waals surface area contributed by atoms with Gasteiger partial charge in [0, 0.05) is 18.1 Å². The topological polar surface area (TPSA) is 94.9 Å². The summed E-state index contributed by atoms with van der Waals surface area (Å²) in [5.41, 5.74) is 5.13. The Hall–Kier alpha value is -2.95. The molecule has 0 spiro atoms. The number of aromatic nitrogens is 1. The number of nitriles is 1. The molecule has 7 heteroatoms. The number of rotatable bonds is 5. The van der Waals surface area contributed by atoms with E-state index in [4.69, 9.17) is 0 Å². The van der Waals surface area contributed by atoms with E-state index in [1.807, 2.05) is 19.9 Å². The first kappa shape index (κ1) is 18.8. The molecule has 27 heavy (non-hydrogen) atoms. The molecule has 0 fully saturated rings. The van der Waals surface area contributed by atoms with Crippen LogP contribution in [0, 0.1) is 25.2 Å². The average Bonchev–Trinajstić information content (AvgIpc) is 2.66. The fourth-order valence-corrected chi connectivity index (χ4v) is 3.76. The van der Waals surface area contributed by atoms with Crippen molar-refractivity contribution >= 4 is 26.6 Å². The maximum atomic E-state index is 11.8. The molecule has 0 aliphatic heterocycles. The number of sulfonamides is 1. The van der Waals surface area contributed by atoms with E-state index < -0.39 is 10.0 Å². The molecule has 138 valence electrons. The average molecular weight is 380 g/mol. The lowest BCUT2D eigenvalue weighted by molar-refractivity contribution is 0.588. The molecule has 3 rings (SSSR count).